The first-order chi connectivity index (χ1) is 14.1. The Kier molecular flexibility index (Phi) is 7.44. The van der Waals surface area contributed by atoms with E-state index in [1.54, 1.807) is 30.3 Å². The Morgan fingerprint density at radius 3 is 2.41 bits per heavy atom. The molecule has 0 aliphatic rings. The fourth-order valence-corrected chi connectivity index (χ4v) is 3.14. The van der Waals surface area contributed by atoms with Crippen molar-refractivity contribution >= 4 is 52.8 Å². The Balaban J connectivity index is 1.45. The van der Waals surface area contributed by atoms with Crippen LogP contribution in [-0.4, -0.2) is 22.6 Å². The highest BCUT2D eigenvalue weighted by molar-refractivity contribution is 8.00. The third kappa shape index (κ3) is 7.10. The predicted molar refractivity (Wildman–Crippen MR) is 119 cm³/mol. The van der Waals surface area contributed by atoms with Gasteiger partial charge < -0.3 is 10.6 Å². The van der Waals surface area contributed by atoms with Gasteiger partial charge in [0.05, 0.1) is 10.8 Å². The Labute approximate surface area is 178 Å². The second-order valence-corrected chi connectivity index (χ2v) is 7.44. The van der Waals surface area contributed by atoms with Crippen LogP contribution in [0, 0.1) is 0 Å². The van der Waals surface area contributed by atoms with Crippen molar-refractivity contribution < 1.29 is 9.59 Å². The van der Waals surface area contributed by atoms with Gasteiger partial charge in [-0.1, -0.05) is 41.9 Å². The maximum Gasteiger partial charge on any atom is 0.248 e. The van der Waals surface area contributed by atoms with Gasteiger partial charge in [0.1, 0.15) is 5.82 Å². The molecule has 29 heavy (non-hydrogen) atoms. The number of nitrogens with one attached hydrogen (secondary N) is 2. The Bertz CT molecular complexity index is 991. The summed E-state index contributed by atoms with van der Waals surface area (Å²) in [6.07, 6.45) is 4.73. The molecule has 3 aromatic rings. The van der Waals surface area contributed by atoms with Gasteiger partial charge in [-0.3, -0.25) is 9.59 Å². The summed E-state index contributed by atoms with van der Waals surface area (Å²) in [5.41, 5.74) is 1.65. The average molecular weight is 424 g/mol. The zero-order chi connectivity index (χ0) is 20.5. The molecule has 5 nitrogen and oxygen atoms in total. The van der Waals surface area contributed by atoms with Crippen LogP contribution >= 0.6 is 23.4 Å². The lowest BCUT2D eigenvalue weighted by molar-refractivity contribution is -0.114. The summed E-state index contributed by atoms with van der Waals surface area (Å²) in [6.45, 7) is 0. The third-order valence-electron chi connectivity index (χ3n) is 3.71. The van der Waals surface area contributed by atoms with Crippen LogP contribution < -0.4 is 10.6 Å². The summed E-state index contributed by atoms with van der Waals surface area (Å²) in [7, 11) is 0. The van der Waals surface area contributed by atoms with Crippen molar-refractivity contribution in [1.29, 1.82) is 0 Å². The molecule has 0 atom stereocenters. The van der Waals surface area contributed by atoms with Crippen molar-refractivity contribution in [3.05, 3.63) is 89.6 Å². The number of halogens is 1. The topological polar surface area (TPSA) is 71.1 Å². The van der Waals surface area contributed by atoms with Gasteiger partial charge in [-0.2, -0.15) is 0 Å². The minimum absolute atomic E-state index is 0.159. The van der Waals surface area contributed by atoms with Crippen LogP contribution in [0.2, 0.25) is 5.02 Å². The van der Waals surface area contributed by atoms with Crippen LogP contribution in [0.1, 0.15) is 5.56 Å². The molecule has 0 bridgehead atoms. The standard InChI is InChI=1S/C22H18ClN3O2S/c23-17-7-12-20(24-14-17)26-22(28)15-29-19-10-8-18(9-11-19)25-21(27)13-6-16-4-2-1-3-5-16/h1-14H,15H2,(H,25,27)(H,24,26,28)/b13-6+. The SMILES string of the molecule is O=C(/C=C/c1ccccc1)Nc1ccc(SCC(=O)Nc2ccc(Cl)cn2)cc1. The first-order valence-electron chi connectivity index (χ1n) is 8.77. The minimum Gasteiger partial charge on any atom is -0.323 e. The number of amides is 2. The van der Waals surface area contributed by atoms with Crippen molar-refractivity contribution in [1.82, 2.24) is 4.98 Å². The van der Waals surface area contributed by atoms with Gasteiger partial charge in [-0.05, 0) is 48.0 Å². The lowest BCUT2D eigenvalue weighted by Crippen LogP contribution is -2.14. The highest BCUT2D eigenvalue weighted by Gasteiger charge is 2.05. The first kappa shape index (κ1) is 20.6. The predicted octanol–water partition coefficient (Wildman–Crippen LogP) is 5.12. The van der Waals surface area contributed by atoms with Crippen molar-refractivity contribution in [3.63, 3.8) is 0 Å². The zero-order valence-electron chi connectivity index (χ0n) is 15.3. The van der Waals surface area contributed by atoms with Crippen LogP contribution in [0.15, 0.2) is 83.9 Å². The molecular weight excluding hydrogens is 406 g/mol. The molecule has 0 aliphatic carbocycles. The zero-order valence-corrected chi connectivity index (χ0v) is 16.9. The molecule has 0 saturated heterocycles. The van der Waals surface area contributed by atoms with Crippen molar-refractivity contribution in [2.45, 2.75) is 4.90 Å². The van der Waals surface area contributed by atoms with E-state index in [2.05, 4.69) is 15.6 Å². The largest absolute Gasteiger partial charge is 0.323 e. The summed E-state index contributed by atoms with van der Waals surface area (Å²) in [4.78, 5) is 29.0. The van der Waals surface area contributed by atoms with Crippen LogP contribution in [0.4, 0.5) is 11.5 Å². The van der Waals surface area contributed by atoms with Gasteiger partial charge in [0.25, 0.3) is 0 Å². The van der Waals surface area contributed by atoms with Crippen LogP contribution in [-0.2, 0) is 9.59 Å². The van der Waals surface area contributed by atoms with E-state index in [4.69, 9.17) is 11.6 Å². The summed E-state index contributed by atoms with van der Waals surface area (Å²) >= 11 is 7.16. The van der Waals surface area contributed by atoms with E-state index in [9.17, 15) is 9.59 Å². The summed E-state index contributed by atoms with van der Waals surface area (Å²) in [6, 6.07) is 20.2. The molecule has 0 aliphatic heterocycles. The quantitative estimate of drug-likeness (QED) is 0.409. The van der Waals surface area contributed by atoms with Gasteiger partial charge in [0.2, 0.25) is 11.8 Å². The Morgan fingerprint density at radius 2 is 1.72 bits per heavy atom. The monoisotopic (exact) mass is 423 g/mol. The smallest absolute Gasteiger partial charge is 0.248 e. The number of aromatic nitrogens is 1. The molecule has 0 unspecified atom stereocenters. The maximum absolute atomic E-state index is 12.0. The van der Waals surface area contributed by atoms with E-state index in [1.807, 2.05) is 42.5 Å². The van der Waals surface area contributed by atoms with E-state index < -0.39 is 0 Å². The van der Waals surface area contributed by atoms with Gasteiger partial charge in [0.15, 0.2) is 0 Å². The highest BCUT2D eigenvalue weighted by atomic mass is 35.5. The third-order valence-corrected chi connectivity index (χ3v) is 4.95. The van der Waals surface area contributed by atoms with E-state index in [0.29, 0.717) is 16.5 Å². The summed E-state index contributed by atoms with van der Waals surface area (Å²) < 4.78 is 0. The van der Waals surface area contributed by atoms with Crippen LogP contribution in [0.5, 0.6) is 0 Å². The number of nitrogens with zero attached hydrogens (tertiary/aromatic N) is 1. The number of benzene rings is 2. The molecule has 0 saturated carbocycles. The lowest BCUT2D eigenvalue weighted by Gasteiger charge is -2.06. The van der Waals surface area contributed by atoms with Gasteiger partial charge >= 0.3 is 0 Å². The van der Waals surface area contributed by atoms with Gasteiger partial charge in [0, 0.05) is 22.9 Å². The van der Waals surface area contributed by atoms with Gasteiger partial charge in [-0.25, -0.2) is 4.98 Å². The molecule has 0 fully saturated rings. The minimum atomic E-state index is -0.205. The molecule has 2 aromatic carbocycles. The molecule has 146 valence electrons. The molecule has 3 rings (SSSR count). The number of anilines is 2. The average Bonchev–Trinajstić information content (AvgIpc) is 2.74. The molecule has 2 amide bonds. The number of carbonyl (C=O) groups excluding carboxylic acids is 2. The summed E-state index contributed by atoms with van der Waals surface area (Å²) in [5, 5.41) is 6.03. The van der Waals surface area contributed by atoms with Crippen molar-refractivity contribution in [2.75, 3.05) is 16.4 Å². The van der Waals surface area contributed by atoms with E-state index in [1.165, 1.54) is 24.0 Å². The Hall–Kier alpha value is -3.09. The number of thioether (sulfide) groups is 1. The molecule has 0 radical (unpaired) electrons. The maximum atomic E-state index is 12.0. The first-order valence-corrected chi connectivity index (χ1v) is 10.1. The second kappa shape index (κ2) is 10.5. The highest BCUT2D eigenvalue weighted by Crippen LogP contribution is 2.21. The lowest BCUT2D eigenvalue weighted by atomic mass is 10.2. The van der Waals surface area contributed by atoms with Gasteiger partial charge in [-0.15, -0.1) is 11.8 Å². The Morgan fingerprint density at radius 1 is 0.966 bits per heavy atom. The number of hydrogen-bond acceptors (Lipinski definition) is 4. The summed E-state index contributed by atoms with van der Waals surface area (Å²) in [5.74, 6) is 0.342. The van der Waals surface area contributed by atoms with Crippen LogP contribution in [0.3, 0.4) is 0 Å². The molecular formula is C22H18ClN3O2S. The molecule has 1 heterocycles. The van der Waals surface area contributed by atoms with E-state index >= 15 is 0 Å². The van der Waals surface area contributed by atoms with E-state index in [-0.39, 0.29) is 17.6 Å². The molecule has 1 aromatic heterocycles. The number of hydrogen-bond donors (Lipinski definition) is 2. The molecule has 0 spiro atoms. The molecule has 7 heteroatoms. The number of pyridine rings is 1. The van der Waals surface area contributed by atoms with Crippen molar-refractivity contribution in [3.8, 4) is 0 Å². The van der Waals surface area contributed by atoms with Crippen molar-refractivity contribution in [2.24, 2.45) is 0 Å². The second-order valence-electron chi connectivity index (χ2n) is 5.96. The normalized spacial score (nSPS) is 10.7. The fourth-order valence-electron chi connectivity index (χ4n) is 2.33. The van der Waals surface area contributed by atoms with E-state index in [0.717, 1.165) is 10.5 Å². The fraction of sp³-hybridized carbons (Fsp3) is 0.0455. The van der Waals surface area contributed by atoms with Crippen LogP contribution in [0.25, 0.3) is 6.08 Å². The molecule has 2 N–H and O–H groups in total. The number of rotatable bonds is 7. The number of carbonyl (C=O) groups is 2.